The standard InChI is InChI=1S/C16H24O2Si/c1-13(12-19(4,5)6)7-8-14-9-10-15(17-2)16(11-14)18-3/h7-11H,1,12H2,2-6H3/b8-7+. The predicted octanol–water partition coefficient (Wildman–Crippen LogP) is 4.61. The second-order valence-corrected chi connectivity index (χ2v) is 11.3. The molecule has 0 heterocycles. The van der Waals surface area contributed by atoms with Crippen molar-refractivity contribution >= 4 is 14.1 Å². The molecule has 0 amide bonds. The minimum atomic E-state index is -1.09. The van der Waals surface area contributed by atoms with Crippen molar-refractivity contribution in [2.24, 2.45) is 0 Å². The molecule has 0 N–H and O–H groups in total. The molecule has 0 atom stereocenters. The Kier molecular flexibility index (Phi) is 5.42. The van der Waals surface area contributed by atoms with Crippen LogP contribution in [0.2, 0.25) is 25.7 Å². The summed E-state index contributed by atoms with van der Waals surface area (Å²) in [4.78, 5) is 0. The van der Waals surface area contributed by atoms with Gasteiger partial charge < -0.3 is 9.47 Å². The summed E-state index contributed by atoms with van der Waals surface area (Å²) in [6.45, 7) is 11.2. The molecule has 0 radical (unpaired) electrons. The summed E-state index contributed by atoms with van der Waals surface area (Å²) in [5.41, 5.74) is 2.28. The van der Waals surface area contributed by atoms with Crippen molar-refractivity contribution < 1.29 is 9.47 Å². The molecule has 1 aromatic rings. The Bertz CT molecular complexity index is 470. The normalized spacial score (nSPS) is 11.6. The van der Waals surface area contributed by atoms with Crippen LogP contribution in [-0.4, -0.2) is 22.3 Å². The molecule has 104 valence electrons. The maximum atomic E-state index is 5.29. The number of rotatable bonds is 6. The number of allylic oxidation sites excluding steroid dienone is 2. The Morgan fingerprint density at radius 2 is 1.79 bits per heavy atom. The molecular weight excluding hydrogens is 252 g/mol. The van der Waals surface area contributed by atoms with Crippen LogP contribution in [0, 0.1) is 0 Å². The molecule has 0 spiro atoms. The van der Waals surface area contributed by atoms with Crippen molar-refractivity contribution in [2.75, 3.05) is 14.2 Å². The zero-order chi connectivity index (χ0) is 14.5. The van der Waals surface area contributed by atoms with Gasteiger partial charge in [-0.05, 0) is 23.7 Å². The van der Waals surface area contributed by atoms with E-state index in [1.54, 1.807) is 14.2 Å². The minimum absolute atomic E-state index is 0.750. The fraction of sp³-hybridized carbons (Fsp3) is 0.375. The SMILES string of the molecule is C=C(/C=C/c1ccc(OC)c(OC)c1)C[Si](C)(C)C. The van der Waals surface area contributed by atoms with Gasteiger partial charge in [-0.15, -0.1) is 0 Å². The highest BCUT2D eigenvalue weighted by Gasteiger charge is 2.12. The lowest BCUT2D eigenvalue weighted by atomic mass is 10.1. The Morgan fingerprint density at radius 3 is 2.32 bits per heavy atom. The zero-order valence-electron chi connectivity index (χ0n) is 12.6. The lowest BCUT2D eigenvalue weighted by molar-refractivity contribution is 0.355. The van der Waals surface area contributed by atoms with Crippen LogP contribution in [0.1, 0.15) is 5.56 Å². The van der Waals surface area contributed by atoms with Gasteiger partial charge in [0.15, 0.2) is 11.5 Å². The van der Waals surface area contributed by atoms with E-state index < -0.39 is 8.07 Å². The molecule has 0 saturated carbocycles. The number of hydrogen-bond donors (Lipinski definition) is 0. The second kappa shape index (κ2) is 6.62. The predicted molar refractivity (Wildman–Crippen MR) is 85.9 cm³/mol. The molecule has 0 aliphatic carbocycles. The van der Waals surface area contributed by atoms with Crippen LogP contribution < -0.4 is 9.47 Å². The van der Waals surface area contributed by atoms with Gasteiger partial charge in [-0.3, -0.25) is 0 Å². The van der Waals surface area contributed by atoms with Gasteiger partial charge in [0.1, 0.15) is 0 Å². The largest absolute Gasteiger partial charge is 0.493 e. The monoisotopic (exact) mass is 276 g/mol. The maximum absolute atomic E-state index is 5.29. The van der Waals surface area contributed by atoms with Crippen LogP contribution in [0.5, 0.6) is 11.5 Å². The van der Waals surface area contributed by atoms with Crippen molar-refractivity contribution in [1.29, 1.82) is 0 Å². The molecule has 1 rings (SSSR count). The van der Waals surface area contributed by atoms with E-state index in [2.05, 4.69) is 38.4 Å². The number of benzene rings is 1. The van der Waals surface area contributed by atoms with E-state index in [1.807, 2.05) is 18.2 Å². The molecule has 3 heteroatoms. The Balaban J connectivity index is 2.80. The van der Waals surface area contributed by atoms with Crippen LogP contribution in [0.25, 0.3) is 6.08 Å². The lowest BCUT2D eigenvalue weighted by Crippen LogP contribution is -2.19. The first kappa shape index (κ1) is 15.6. The highest BCUT2D eigenvalue weighted by Crippen LogP contribution is 2.28. The molecule has 0 aromatic heterocycles. The van der Waals surface area contributed by atoms with Crippen molar-refractivity contribution in [3.63, 3.8) is 0 Å². The second-order valence-electron chi connectivity index (χ2n) is 5.84. The molecule has 0 bridgehead atoms. The average molecular weight is 276 g/mol. The van der Waals surface area contributed by atoms with Crippen LogP contribution in [0.3, 0.4) is 0 Å². The van der Waals surface area contributed by atoms with Crippen LogP contribution in [0.15, 0.2) is 36.4 Å². The van der Waals surface area contributed by atoms with Gasteiger partial charge in [-0.1, -0.05) is 50.0 Å². The van der Waals surface area contributed by atoms with Crippen LogP contribution in [-0.2, 0) is 0 Å². The third kappa shape index (κ3) is 5.35. The van der Waals surface area contributed by atoms with Crippen molar-refractivity contribution in [1.82, 2.24) is 0 Å². The lowest BCUT2D eigenvalue weighted by Gasteiger charge is -2.15. The smallest absolute Gasteiger partial charge is 0.161 e. The number of methoxy groups -OCH3 is 2. The first-order chi connectivity index (χ1) is 8.85. The third-order valence-corrected chi connectivity index (χ3v) is 4.19. The highest BCUT2D eigenvalue weighted by atomic mass is 28.3. The fourth-order valence-electron chi connectivity index (χ4n) is 1.91. The van der Waals surface area contributed by atoms with E-state index in [0.29, 0.717) is 0 Å². The van der Waals surface area contributed by atoms with E-state index in [1.165, 1.54) is 5.57 Å². The Labute approximate surface area is 117 Å². The fourth-order valence-corrected chi connectivity index (χ4v) is 3.39. The van der Waals surface area contributed by atoms with Crippen molar-refractivity contribution in [2.45, 2.75) is 25.7 Å². The quantitative estimate of drug-likeness (QED) is 0.558. The first-order valence-electron chi connectivity index (χ1n) is 6.43. The molecule has 2 nitrogen and oxygen atoms in total. The summed E-state index contributed by atoms with van der Waals surface area (Å²) in [7, 11) is 2.20. The van der Waals surface area contributed by atoms with Crippen molar-refractivity contribution in [3.05, 3.63) is 42.0 Å². The molecule has 0 unspecified atom stereocenters. The molecule has 0 aliphatic rings. The highest BCUT2D eigenvalue weighted by molar-refractivity contribution is 6.76. The van der Waals surface area contributed by atoms with Gasteiger partial charge in [-0.2, -0.15) is 0 Å². The molecule has 0 fully saturated rings. The van der Waals surface area contributed by atoms with Gasteiger partial charge in [0.2, 0.25) is 0 Å². The Morgan fingerprint density at radius 1 is 1.16 bits per heavy atom. The molecule has 0 aliphatic heterocycles. The van der Waals surface area contributed by atoms with E-state index >= 15 is 0 Å². The number of ether oxygens (including phenoxy) is 2. The summed E-state index contributed by atoms with van der Waals surface area (Å²) in [5, 5.41) is 0. The van der Waals surface area contributed by atoms with Gasteiger partial charge in [0.05, 0.1) is 14.2 Å². The molecule has 1 aromatic carbocycles. The van der Waals surface area contributed by atoms with Crippen LogP contribution >= 0.6 is 0 Å². The van der Waals surface area contributed by atoms with Gasteiger partial charge in [-0.25, -0.2) is 0 Å². The molecular formula is C16H24O2Si. The van der Waals surface area contributed by atoms with Gasteiger partial charge in [0, 0.05) is 8.07 Å². The Hall–Kier alpha value is -1.48. The maximum Gasteiger partial charge on any atom is 0.161 e. The van der Waals surface area contributed by atoms with E-state index in [4.69, 9.17) is 9.47 Å². The van der Waals surface area contributed by atoms with Crippen molar-refractivity contribution in [3.8, 4) is 11.5 Å². The molecule has 0 saturated heterocycles. The summed E-state index contributed by atoms with van der Waals surface area (Å²) in [5.74, 6) is 1.50. The topological polar surface area (TPSA) is 18.5 Å². The minimum Gasteiger partial charge on any atom is -0.493 e. The van der Waals surface area contributed by atoms with Crippen LogP contribution in [0.4, 0.5) is 0 Å². The summed E-state index contributed by atoms with van der Waals surface area (Å²) in [6.07, 6.45) is 4.17. The van der Waals surface area contributed by atoms with Gasteiger partial charge >= 0.3 is 0 Å². The van der Waals surface area contributed by atoms with E-state index in [9.17, 15) is 0 Å². The number of hydrogen-bond acceptors (Lipinski definition) is 2. The summed E-state index contributed by atoms with van der Waals surface area (Å²) < 4.78 is 10.5. The van der Waals surface area contributed by atoms with E-state index in [-0.39, 0.29) is 0 Å². The summed E-state index contributed by atoms with van der Waals surface area (Å²) >= 11 is 0. The summed E-state index contributed by atoms with van der Waals surface area (Å²) in [6, 6.07) is 7.02. The van der Waals surface area contributed by atoms with Gasteiger partial charge in [0.25, 0.3) is 0 Å². The zero-order valence-corrected chi connectivity index (χ0v) is 13.6. The first-order valence-corrected chi connectivity index (χ1v) is 10.1. The van der Waals surface area contributed by atoms with E-state index in [0.717, 1.165) is 23.1 Å². The molecule has 19 heavy (non-hydrogen) atoms. The third-order valence-electron chi connectivity index (χ3n) is 2.68. The average Bonchev–Trinajstić information content (AvgIpc) is 2.33.